The lowest BCUT2D eigenvalue weighted by atomic mass is 9.98. The Kier molecular flexibility index (Phi) is 8.62. The molecular weight excluding hydrogens is 454 g/mol. The number of benzene rings is 3. The fraction of sp³-hybridized carbons (Fsp3) is 0.290. The first-order chi connectivity index (χ1) is 17.6. The van der Waals surface area contributed by atoms with E-state index < -0.39 is 5.82 Å². The Bertz CT molecular complexity index is 1360. The van der Waals surface area contributed by atoms with Gasteiger partial charge in [0, 0.05) is 10.9 Å². The highest BCUT2D eigenvalue weighted by atomic mass is 19.1. The van der Waals surface area contributed by atoms with Crippen molar-refractivity contribution in [3.05, 3.63) is 95.2 Å². The lowest BCUT2D eigenvalue weighted by molar-refractivity contribution is 0.303. The van der Waals surface area contributed by atoms with Crippen LogP contribution in [0.4, 0.5) is 8.78 Å². The average Bonchev–Trinajstić information content (AvgIpc) is 2.90. The van der Waals surface area contributed by atoms with Crippen LogP contribution in [0.2, 0.25) is 0 Å². The quantitative estimate of drug-likeness (QED) is 0.202. The van der Waals surface area contributed by atoms with Crippen LogP contribution in [-0.4, -0.2) is 11.6 Å². The molecule has 0 spiro atoms. The first kappa shape index (κ1) is 25.3. The number of fused-ring (bicyclic) bond motifs is 1. The molecule has 5 heteroatoms. The van der Waals surface area contributed by atoms with Gasteiger partial charge in [0.15, 0.2) is 0 Å². The zero-order valence-corrected chi connectivity index (χ0v) is 20.6. The molecule has 0 unspecified atom stereocenters. The molecule has 0 fully saturated rings. The zero-order chi connectivity index (χ0) is 25.3. The van der Waals surface area contributed by atoms with E-state index >= 15 is 4.39 Å². The van der Waals surface area contributed by atoms with Crippen LogP contribution in [0.15, 0.2) is 66.9 Å². The zero-order valence-electron chi connectivity index (χ0n) is 20.6. The Balaban J connectivity index is 1.41. The molecular formula is C31H30F2N2O. The first-order valence-electron chi connectivity index (χ1n) is 12.6. The standard InChI is InChI=1S/C31H30F2N2O/c1-2-3-4-5-6-17-36-27-14-16-30(35-21-27)25-13-15-28-24(19-25)12-11-23(31(28)33)9-7-22-8-10-26(20-34)29(32)18-22/h8,10-16,18-19,21H,2-7,9,17H2,1H3. The fourth-order valence-corrected chi connectivity index (χ4v) is 4.31. The first-order valence-corrected chi connectivity index (χ1v) is 12.6. The molecule has 0 aliphatic carbocycles. The van der Waals surface area contributed by atoms with Crippen molar-refractivity contribution in [3.63, 3.8) is 0 Å². The lowest BCUT2D eigenvalue weighted by Crippen LogP contribution is -1.98. The topological polar surface area (TPSA) is 45.9 Å². The monoisotopic (exact) mass is 484 g/mol. The predicted octanol–water partition coefficient (Wildman–Crippen LogP) is 8.19. The van der Waals surface area contributed by atoms with Crippen molar-refractivity contribution < 1.29 is 13.5 Å². The lowest BCUT2D eigenvalue weighted by Gasteiger charge is -2.10. The molecule has 3 aromatic carbocycles. The molecule has 184 valence electrons. The van der Waals surface area contributed by atoms with Gasteiger partial charge >= 0.3 is 0 Å². The van der Waals surface area contributed by atoms with E-state index in [2.05, 4.69) is 11.9 Å². The van der Waals surface area contributed by atoms with Crippen LogP contribution in [-0.2, 0) is 12.8 Å². The van der Waals surface area contributed by atoms with E-state index in [-0.39, 0.29) is 11.4 Å². The highest BCUT2D eigenvalue weighted by Crippen LogP contribution is 2.28. The number of aromatic nitrogens is 1. The third kappa shape index (κ3) is 6.26. The molecule has 1 aromatic heterocycles. The number of pyridine rings is 1. The summed E-state index contributed by atoms with van der Waals surface area (Å²) in [5, 5.41) is 10.2. The Morgan fingerprint density at radius 3 is 2.50 bits per heavy atom. The molecule has 1 heterocycles. The normalized spacial score (nSPS) is 10.9. The smallest absolute Gasteiger partial charge is 0.141 e. The van der Waals surface area contributed by atoms with E-state index in [1.54, 1.807) is 24.4 Å². The number of nitriles is 1. The Hall–Kier alpha value is -3.78. The fourth-order valence-electron chi connectivity index (χ4n) is 4.31. The number of halogens is 2. The van der Waals surface area contributed by atoms with Crippen molar-refractivity contribution >= 4 is 10.8 Å². The maximum atomic E-state index is 15.2. The minimum Gasteiger partial charge on any atom is -0.492 e. The van der Waals surface area contributed by atoms with E-state index in [1.165, 1.54) is 37.8 Å². The van der Waals surface area contributed by atoms with Gasteiger partial charge in [-0.2, -0.15) is 5.26 Å². The minimum absolute atomic E-state index is 0.0147. The summed E-state index contributed by atoms with van der Waals surface area (Å²) in [6, 6.07) is 19.5. The molecule has 0 atom stereocenters. The van der Waals surface area contributed by atoms with Gasteiger partial charge in [0.05, 0.1) is 24.1 Å². The largest absolute Gasteiger partial charge is 0.492 e. The molecule has 0 radical (unpaired) electrons. The van der Waals surface area contributed by atoms with Crippen LogP contribution in [0, 0.1) is 23.0 Å². The summed E-state index contributed by atoms with van der Waals surface area (Å²) in [4.78, 5) is 4.54. The van der Waals surface area contributed by atoms with E-state index in [0.29, 0.717) is 30.4 Å². The molecule has 0 bridgehead atoms. The third-order valence-electron chi connectivity index (χ3n) is 6.42. The molecule has 0 N–H and O–H groups in total. The van der Waals surface area contributed by atoms with Gasteiger partial charge < -0.3 is 4.74 Å². The Morgan fingerprint density at radius 2 is 1.75 bits per heavy atom. The van der Waals surface area contributed by atoms with E-state index in [0.717, 1.165) is 34.4 Å². The molecule has 3 nitrogen and oxygen atoms in total. The summed E-state index contributed by atoms with van der Waals surface area (Å²) in [6.45, 7) is 2.90. The van der Waals surface area contributed by atoms with Gasteiger partial charge in [0.25, 0.3) is 0 Å². The maximum absolute atomic E-state index is 15.2. The number of aryl methyl sites for hydroxylation is 2. The van der Waals surface area contributed by atoms with Gasteiger partial charge in [-0.1, -0.05) is 62.9 Å². The summed E-state index contributed by atoms with van der Waals surface area (Å²) >= 11 is 0. The van der Waals surface area contributed by atoms with Gasteiger partial charge in [0.1, 0.15) is 23.5 Å². The SMILES string of the molecule is CCCCCCCOc1ccc(-c2ccc3c(F)c(CCc4ccc(C#N)c(F)c4)ccc3c2)nc1. The molecule has 36 heavy (non-hydrogen) atoms. The van der Waals surface area contributed by atoms with Crippen molar-refractivity contribution in [1.82, 2.24) is 4.98 Å². The van der Waals surface area contributed by atoms with Crippen LogP contribution in [0.5, 0.6) is 5.75 Å². The molecule has 0 saturated carbocycles. The molecule has 4 aromatic rings. The van der Waals surface area contributed by atoms with Crippen molar-refractivity contribution in [2.45, 2.75) is 51.9 Å². The Labute approximate surface area is 211 Å². The van der Waals surface area contributed by atoms with Gasteiger partial charge in [-0.15, -0.1) is 0 Å². The summed E-state index contributed by atoms with van der Waals surface area (Å²) in [6.07, 6.45) is 8.65. The van der Waals surface area contributed by atoms with Crippen LogP contribution in [0.1, 0.15) is 55.7 Å². The molecule has 4 rings (SSSR count). The number of nitrogens with zero attached hydrogens (tertiary/aromatic N) is 2. The summed E-state index contributed by atoms with van der Waals surface area (Å²) in [7, 11) is 0. The van der Waals surface area contributed by atoms with Gasteiger partial charge in [0.2, 0.25) is 0 Å². The molecule has 0 aliphatic rings. The van der Waals surface area contributed by atoms with Crippen LogP contribution >= 0.6 is 0 Å². The van der Waals surface area contributed by atoms with Gasteiger partial charge in [-0.25, -0.2) is 8.78 Å². The number of hydrogen-bond acceptors (Lipinski definition) is 3. The Morgan fingerprint density at radius 1 is 0.889 bits per heavy atom. The molecule has 0 aliphatic heterocycles. The number of rotatable bonds is 11. The van der Waals surface area contributed by atoms with Crippen LogP contribution < -0.4 is 4.74 Å². The third-order valence-corrected chi connectivity index (χ3v) is 6.42. The van der Waals surface area contributed by atoms with Crippen molar-refractivity contribution in [3.8, 4) is 23.1 Å². The van der Waals surface area contributed by atoms with Crippen molar-refractivity contribution in [2.75, 3.05) is 6.61 Å². The van der Waals surface area contributed by atoms with Gasteiger partial charge in [-0.3, -0.25) is 4.98 Å². The van der Waals surface area contributed by atoms with E-state index in [4.69, 9.17) is 10.00 Å². The number of unbranched alkanes of at least 4 members (excludes halogenated alkanes) is 4. The molecule has 0 amide bonds. The van der Waals surface area contributed by atoms with Crippen molar-refractivity contribution in [1.29, 1.82) is 5.26 Å². The average molecular weight is 485 g/mol. The summed E-state index contributed by atoms with van der Waals surface area (Å²) in [5.41, 5.74) is 3.04. The van der Waals surface area contributed by atoms with Gasteiger partial charge in [-0.05, 0) is 66.1 Å². The number of ether oxygens (including phenoxy) is 1. The summed E-state index contributed by atoms with van der Waals surface area (Å²) in [5.74, 6) is -0.0474. The highest BCUT2D eigenvalue weighted by Gasteiger charge is 2.11. The second-order valence-corrected chi connectivity index (χ2v) is 9.04. The minimum atomic E-state index is -0.544. The van der Waals surface area contributed by atoms with Crippen molar-refractivity contribution in [2.24, 2.45) is 0 Å². The van der Waals surface area contributed by atoms with Crippen LogP contribution in [0.25, 0.3) is 22.0 Å². The van der Waals surface area contributed by atoms with E-state index in [9.17, 15) is 4.39 Å². The molecule has 0 saturated heterocycles. The maximum Gasteiger partial charge on any atom is 0.141 e. The van der Waals surface area contributed by atoms with E-state index in [1.807, 2.05) is 36.4 Å². The second kappa shape index (κ2) is 12.3. The highest BCUT2D eigenvalue weighted by molar-refractivity contribution is 5.88. The predicted molar refractivity (Wildman–Crippen MR) is 140 cm³/mol. The second-order valence-electron chi connectivity index (χ2n) is 9.04. The number of hydrogen-bond donors (Lipinski definition) is 0. The summed E-state index contributed by atoms with van der Waals surface area (Å²) < 4.78 is 34.9. The van der Waals surface area contributed by atoms with Crippen LogP contribution in [0.3, 0.4) is 0 Å².